The lowest BCUT2D eigenvalue weighted by Crippen LogP contribution is -2.10. The molecule has 2 aromatic carbocycles. The third-order valence-electron chi connectivity index (χ3n) is 4.95. The Bertz CT molecular complexity index is 1190. The van der Waals surface area contributed by atoms with Crippen LogP contribution in [0.2, 0.25) is 0 Å². The fourth-order valence-electron chi connectivity index (χ4n) is 3.44. The standard InChI is InChI=1S/C23H21F2N3O6/c1-2-31-18-7-13(3-4-15(18)22(29)30)16-9-21(28-11-27-16)26-6-5-14-8-19-20(33-12-32-19)10-17(14)34-23(24)25/h3-4,7-11,23H,2,5-6,12H2,1H3,(H,29,30)(H,26,27,28). The van der Waals surface area contributed by atoms with Crippen LogP contribution in [0.15, 0.2) is 42.7 Å². The van der Waals surface area contributed by atoms with Gasteiger partial charge in [0.05, 0.1) is 12.3 Å². The van der Waals surface area contributed by atoms with Gasteiger partial charge < -0.3 is 29.4 Å². The molecule has 11 heteroatoms. The Labute approximate surface area is 193 Å². The molecule has 0 spiro atoms. The van der Waals surface area contributed by atoms with Gasteiger partial charge in [-0.1, -0.05) is 6.07 Å². The van der Waals surface area contributed by atoms with Gasteiger partial charge >= 0.3 is 12.6 Å². The second-order valence-corrected chi connectivity index (χ2v) is 7.11. The summed E-state index contributed by atoms with van der Waals surface area (Å²) in [6.45, 7) is -0.503. The molecule has 0 atom stereocenters. The molecule has 9 nitrogen and oxygen atoms in total. The van der Waals surface area contributed by atoms with E-state index in [0.29, 0.717) is 53.7 Å². The molecule has 0 unspecified atom stereocenters. The van der Waals surface area contributed by atoms with Gasteiger partial charge in [0.25, 0.3) is 0 Å². The maximum atomic E-state index is 12.8. The molecule has 4 rings (SSSR count). The Morgan fingerprint density at radius 1 is 1.15 bits per heavy atom. The maximum Gasteiger partial charge on any atom is 0.387 e. The molecule has 1 aliphatic rings. The van der Waals surface area contributed by atoms with Crippen LogP contribution in [0.5, 0.6) is 23.0 Å². The lowest BCUT2D eigenvalue weighted by Gasteiger charge is -2.13. The van der Waals surface area contributed by atoms with Crippen molar-refractivity contribution in [2.24, 2.45) is 0 Å². The number of hydrogen-bond acceptors (Lipinski definition) is 8. The number of ether oxygens (including phenoxy) is 4. The first-order valence-electron chi connectivity index (χ1n) is 10.4. The van der Waals surface area contributed by atoms with Gasteiger partial charge in [-0.25, -0.2) is 14.8 Å². The normalized spacial score (nSPS) is 12.0. The molecule has 1 aliphatic heterocycles. The predicted molar refractivity (Wildman–Crippen MR) is 117 cm³/mol. The Morgan fingerprint density at radius 3 is 2.68 bits per heavy atom. The number of hydrogen-bond donors (Lipinski definition) is 2. The molecule has 34 heavy (non-hydrogen) atoms. The molecule has 2 heterocycles. The third kappa shape index (κ3) is 5.25. The summed E-state index contributed by atoms with van der Waals surface area (Å²) in [5, 5.41) is 12.5. The van der Waals surface area contributed by atoms with Crippen molar-refractivity contribution in [2.45, 2.75) is 20.0 Å². The third-order valence-corrected chi connectivity index (χ3v) is 4.95. The number of aromatic nitrogens is 2. The lowest BCUT2D eigenvalue weighted by molar-refractivity contribution is -0.0505. The van der Waals surface area contributed by atoms with Crippen molar-refractivity contribution in [1.82, 2.24) is 9.97 Å². The van der Waals surface area contributed by atoms with Crippen LogP contribution in [-0.4, -0.2) is 47.6 Å². The second kappa shape index (κ2) is 10.2. The van der Waals surface area contributed by atoms with Crippen LogP contribution in [0.25, 0.3) is 11.3 Å². The molecule has 2 N–H and O–H groups in total. The highest BCUT2D eigenvalue weighted by molar-refractivity contribution is 5.91. The molecule has 0 aliphatic carbocycles. The zero-order chi connectivity index (χ0) is 24.1. The summed E-state index contributed by atoms with van der Waals surface area (Å²) in [5.41, 5.74) is 1.79. The average Bonchev–Trinajstić information content (AvgIpc) is 3.26. The van der Waals surface area contributed by atoms with Crippen LogP contribution in [0.4, 0.5) is 14.6 Å². The summed E-state index contributed by atoms with van der Waals surface area (Å²) in [6, 6.07) is 9.41. The number of rotatable bonds is 10. The van der Waals surface area contributed by atoms with E-state index in [1.165, 1.54) is 18.5 Å². The molecule has 0 bridgehead atoms. The highest BCUT2D eigenvalue weighted by Gasteiger charge is 2.20. The minimum atomic E-state index is -2.97. The highest BCUT2D eigenvalue weighted by atomic mass is 19.3. The van der Waals surface area contributed by atoms with E-state index in [1.54, 1.807) is 31.2 Å². The van der Waals surface area contributed by atoms with Gasteiger partial charge in [-0.15, -0.1) is 0 Å². The number of carboxylic acids is 1. The summed E-state index contributed by atoms with van der Waals surface area (Å²) < 4.78 is 46.3. The van der Waals surface area contributed by atoms with Gasteiger partial charge in [0.1, 0.15) is 29.2 Å². The van der Waals surface area contributed by atoms with Crippen molar-refractivity contribution in [3.8, 4) is 34.3 Å². The summed E-state index contributed by atoms with van der Waals surface area (Å²) in [6.07, 6.45) is 1.72. The number of aromatic carboxylic acids is 1. The number of carbonyl (C=O) groups is 1. The van der Waals surface area contributed by atoms with Crippen LogP contribution in [0.3, 0.4) is 0 Å². The Hall–Kier alpha value is -4.15. The quantitative estimate of drug-likeness (QED) is 0.447. The molecule has 0 radical (unpaired) electrons. The van der Waals surface area contributed by atoms with Crippen LogP contribution >= 0.6 is 0 Å². The minimum absolute atomic E-state index is 0.0198. The van der Waals surface area contributed by atoms with Crippen molar-refractivity contribution in [3.63, 3.8) is 0 Å². The molecule has 1 aromatic heterocycles. The van der Waals surface area contributed by atoms with Crippen LogP contribution in [0, 0.1) is 0 Å². The van der Waals surface area contributed by atoms with Gasteiger partial charge in [-0.3, -0.25) is 0 Å². The van der Waals surface area contributed by atoms with E-state index in [0.717, 1.165) is 0 Å². The van der Waals surface area contributed by atoms with Gasteiger partial charge in [0, 0.05) is 29.8 Å². The molecule has 0 amide bonds. The average molecular weight is 473 g/mol. The molecular formula is C23H21F2N3O6. The fraction of sp³-hybridized carbons (Fsp3) is 0.261. The van der Waals surface area contributed by atoms with Gasteiger partial charge in [-0.05, 0) is 31.5 Å². The maximum absolute atomic E-state index is 12.8. The van der Waals surface area contributed by atoms with E-state index < -0.39 is 12.6 Å². The van der Waals surface area contributed by atoms with Crippen molar-refractivity contribution in [3.05, 3.63) is 53.9 Å². The first-order chi connectivity index (χ1) is 16.4. The van der Waals surface area contributed by atoms with Crippen LogP contribution in [0.1, 0.15) is 22.8 Å². The van der Waals surface area contributed by atoms with E-state index in [-0.39, 0.29) is 23.9 Å². The van der Waals surface area contributed by atoms with E-state index >= 15 is 0 Å². The van der Waals surface area contributed by atoms with E-state index in [2.05, 4.69) is 20.0 Å². The van der Waals surface area contributed by atoms with E-state index in [9.17, 15) is 18.7 Å². The summed E-state index contributed by atoms with van der Waals surface area (Å²) in [7, 11) is 0. The summed E-state index contributed by atoms with van der Waals surface area (Å²) in [5.74, 6) is 0.506. The first kappa shape index (κ1) is 23.0. The fourth-order valence-corrected chi connectivity index (χ4v) is 3.44. The Balaban J connectivity index is 1.48. The number of halogens is 2. The Morgan fingerprint density at radius 2 is 1.94 bits per heavy atom. The topological polar surface area (TPSA) is 112 Å². The molecule has 178 valence electrons. The van der Waals surface area contributed by atoms with E-state index in [1.807, 2.05) is 0 Å². The number of benzene rings is 2. The number of nitrogens with one attached hydrogen (secondary N) is 1. The lowest BCUT2D eigenvalue weighted by atomic mass is 10.1. The van der Waals surface area contributed by atoms with E-state index in [4.69, 9.17) is 14.2 Å². The SMILES string of the molecule is CCOc1cc(-c2cc(NCCc3cc4c(cc3OC(F)F)OCO4)ncn2)ccc1C(=O)O. The zero-order valence-electron chi connectivity index (χ0n) is 18.1. The van der Waals surface area contributed by atoms with Gasteiger partial charge in [0.2, 0.25) is 6.79 Å². The van der Waals surface area contributed by atoms with Crippen molar-refractivity contribution in [2.75, 3.05) is 25.3 Å². The molecular weight excluding hydrogens is 452 g/mol. The number of anilines is 1. The minimum Gasteiger partial charge on any atom is -0.493 e. The van der Waals surface area contributed by atoms with Gasteiger partial charge in [0.15, 0.2) is 11.5 Å². The van der Waals surface area contributed by atoms with Crippen molar-refractivity contribution < 1.29 is 37.6 Å². The monoisotopic (exact) mass is 473 g/mol. The van der Waals surface area contributed by atoms with Gasteiger partial charge in [-0.2, -0.15) is 8.78 Å². The molecule has 0 saturated carbocycles. The van der Waals surface area contributed by atoms with Crippen molar-refractivity contribution >= 4 is 11.8 Å². The molecule has 3 aromatic rings. The Kier molecular flexibility index (Phi) is 6.90. The summed E-state index contributed by atoms with van der Waals surface area (Å²) in [4.78, 5) is 19.8. The smallest absolute Gasteiger partial charge is 0.387 e. The zero-order valence-corrected chi connectivity index (χ0v) is 18.1. The first-order valence-corrected chi connectivity index (χ1v) is 10.4. The number of alkyl halides is 2. The summed E-state index contributed by atoms with van der Waals surface area (Å²) >= 11 is 0. The highest BCUT2D eigenvalue weighted by Crippen LogP contribution is 2.39. The predicted octanol–water partition coefficient (Wildman–Crippen LogP) is 4.23. The molecule has 0 saturated heterocycles. The molecule has 0 fully saturated rings. The largest absolute Gasteiger partial charge is 0.493 e. The number of carboxylic acid groups (broad SMARTS) is 1. The van der Waals surface area contributed by atoms with Crippen LogP contribution in [-0.2, 0) is 6.42 Å². The number of nitrogens with zero attached hydrogens (tertiary/aromatic N) is 2. The number of fused-ring (bicyclic) bond motifs is 1. The van der Waals surface area contributed by atoms with Crippen LogP contribution < -0.4 is 24.3 Å². The van der Waals surface area contributed by atoms with Crippen molar-refractivity contribution in [1.29, 1.82) is 0 Å². The second-order valence-electron chi connectivity index (χ2n) is 7.11.